The highest BCUT2D eigenvalue weighted by molar-refractivity contribution is 8.15. The Kier molecular flexibility index (Phi) is 6.19. The number of aliphatic imine (C=N–C) groups is 1. The van der Waals surface area contributed by atoms with Gasteiger partial charge in [-0.05, 0) is 60.7 Å². The zero-order valence-corrected chi connectivity index (χ0v) is 17.4. The molecule has 2 N–H and O–H groups in total. The molecule has 1 atom stereocenters. The number of anilines is 1. The zero-order chi connectivity index (χ0) is 20.3. The van der Waals surface area contributed by atoms with Gasteiger partial charge in [-0.3, -0.25) is 9.59 Å². The smallest absolute Gasteiger partial charge is 0.240 e. The predicted molar refractivity (Wildman–Crippen MR) is 116 cm³/mol. The van der Waals surface area contributed by atoms with Crippen LogP contribution < -0.4 is 10.6 Å². The molecule has 1 fully saturated rings. The van der Waals surface area contributed by atoms with Crippen LogP contribution in [0.15, 0.2) is 47.5 Å². The van der Waals surface area contributed by atoms with Gasteiger partial charge in [-0.25, -0.2) is 4.99 Å². The minimum absolute atomic E-state index is 0.106. The Labute approximate surface area is 170 Å². The van der Waals surface area contributed by atoms with Gasteiger partial charge in [-0.15, -0.1) is 0 Å². The number of amidine groups is 1. The summed E-state index contributed by atoms with van der Waals surface area (Å²) in [5.74, 6) is 0.0774. The Morgan fingerprint density at radius 2 is 1.86 bits per heavy atom. The van der Waals surface area contributed by atoms with Gasteiger partial charge in [-0.1, -0.05) is 43.8 Å². The SMILES string of the molecule is Cc1ccc(N=C2NC(=O)C(CC(=O)Nc3ccc(C(C)C)cc3)S2)cc1C. The third-order valence-corrected chi connectivity index (χ3v) is 5.81. The monoisotopic (exact) mass is 395 g/mol. The summed E-state index contributed by atoms with van der Waals surface area (Å²) >= 11 is 1.30. The van der Waals surface area contributed by atoms with E-state index < -0.39 is 5.25 Å². The molecule has 146 valence electrons. The molecule has 1 heterocycles. The largest absolute Gasteiger partial charge is 0.326 e. The average molecular weight is 396 g/mol. The van der Waals surface area contributed by atoms with Gasteiger partial charge in [-0.2, -0.15) is 0 Å². The van der Waals surface area contributed by atoms with Crippen LogP contribution in [-0.2, 0) is 9.59 Å². The van der Waals surface area contributed by atoms with Crippen molar-refractivity contribution >= 4 is 40.1 Å². The van der Waals surface area contributed by atoms with Crippen molar-refractivity contribution in [2.75, 3.05) is 5.32 Å². The lowest BCUT2D eigenvalue weighted by atomic mass is 10.0. The second-order valence-electron chi connectivity index (χ2n) is 7.31. The molecule has 0 aromatic heterocycles. The topological polar surface area (TPSA) is 70.6 Å². The van der Waals surface area contributed by atoms with Gasteiger partial charge in [0.05, 0.1) is 5.69 Å². The molecule has 1 aliphatic rings. The van der Waals surface area contributed by atoms with Gasteiger partial charge >= 0.3 is 0 Å². The summed E-state index contributed by atoms with van der Waals surface area (Å²) in [6, 6.07) is 13.7. The van der Waals surface area contributed by atoms with E-state index in [0.717, 1.165) is 16.9 Å². The number of carbonyl (C=O) groups excluding carboxylic acids is 2. The Morgan fingerprint density at radius 3 is 2.50 bits per heavy atom. The van der Waals surface area contributed by atoms with Crippen LogP contribution >= 0.6 is 11.8 Å². The van der Waals surface area contributed by atoms with Crippen molar-refractivity contribution in [2.45, 2.75) is 45.3 Å². The Morgan fingerprint density at radius 1 is 1.14 bits per heavy atom. The minimum Gasteiger partial charge on any atom is -0.326 e. The maximum absolute atomic E-state index is 12.3. The number of amides is 2. The molecule has 2 aromatic carbocycles. The number of nitrogens with zero attached hydrogens (tertiary/aromatic N) is 1. The number of hydrogen-bond donors (Lipinski definition) is 2. The average Bonchev–Trinajstić information content (AvgIpc) is 2.97. The first kappa shape index (κ1) is 20.1. The third-order valence-electron chi connectivity index (χ3n) is 4.73. The van der Waals surface area contributed by atoms with Gasteiger partial charge in [0.15, 0.2) is 5.17 Å². The Hall–Kier alpha value is -2.60. The van der Waals surface area contributed by atoms with Crippen LogP contribution in [0.25, 0.3) is 0 Å². The van der Waals surface area contributed by atoms with Crippen molar-refractivity contribution in [3.05, 3.63) is 59.2 Å². The molecule has 3 rings (SSSR count). The number of carbonyl (C=O) groups is 2. The fourth-order valence-corrected chi connectivity index (χ4v) is 3.82. The molecule has 5 nitrogen and oxygen atoms in total. The summed E-state index contributed by atoms with van der Waals surface area (Å²) < 4.78 is 0. The predicted octanol–water partition coefficient (Wildman–Crippen LogP) is 4.67. The van der Waals surface area contributed by atoms with Crippen molar-refractivity contribution in [2.24, 2.45) is 4.99 Å². The lowest BCUT2D eigenvalue weighted by Crippen LogP contribution is -2.28. The van der Waals surface area contributed by atoms with Crippen molar-refractivity contribution in [3.8, 4) is 0 Å². The summed E-state index contributed by atoms with van der Waals surface area (Å²) in [5, 5.41) is 5.69. The first-order valence-electron chi connectivity index (χ1n) is 9.35. The number of benzene rings is 2. The second kappa shape index (κ2) is 8.61. The minimum atomic E-state index is -0.472. The summed E-state index contributed by atoms with van der Waals surface area (Å²) in [6.07, 6.45) is 0.106. The fourth-order valence-electron chi connectivity index (χ4n) is 2.84. The number of thioether (sulfide) groups is 1. The van der Waals surface area contributed by atoms with Crippen molar-refractivity contribution in [1.82, 2.24) is 5.32 Å². The van der Waals surface area contributed by atoms with Crippen LogP contribution in [0.3, 0.4) is 0 Å². The van der Waals surface area contributed by atoms with Crippen molar-refractivity contribution in [1.29, 1.82) is 0 Å². The fraction of sp³-hybridized carbons (Fsp3) is 0.318. The summed E-state index contributed by atoms with van der Waals surface area (Å²) in [5.41, 5.74) is 5.10. The summed E-state index contributed by atoms with van der Waals surface area (Å²) in [7, 11) is 0. The molecule has 1 unspecified atom stereocenters. The van der Waals surface area contributed by atoms with Gasteiger partial charge < -0.3 is 10.6 Å². The van der Waals surface area contributed by atoms with Gasteiger partial charge in [0.2, 0.25) is 11.8 Å². The normalized spacial score (nSPS) is 17.8. The maximum Gasteiger partial charge on any atom is 0.240 e. The molecule has 0 radical (unpaired) electrons. The van der Waals surface area contributed by atoms with Crippen LogP contribution in [0.2, 0.25) is 0 Å². The van der Waals surface area contributed by atoms with Crippen LogP contribution in [0, 0.1) is 13.8 Å². The number of hydrogen-bond acceptors (Lipinski definition) is 4. The lowest BCUT2D eigenvalue weighted by Gasteiger charge is -2.09. The molecule has 2 amide bonds. The highest BCUT2D eigenvalue weighted by Crippen LogP contribution is 2.26. The molecule has 2 aromatic rings. The number of rotatable bonds is 5. The van der Waals surface area contributed by atoms with Crippen molar-refractivity contribution in [3.63, 3.8) is 0 Å². The second-order valence-corrected chi connectivity index (χ2v) is 8.50. The maximum atomic E-state index is 12.3. The quantitative estimate of drug-likeness (QED) is 0.772. The number of nitrogens with one attached hydrogen (secondary N) is 2. The molecule has 1 saturated heterocycles. The van der Waals surface area contributed by atoms with E-state index in [9.17, 15) is 9.59 Å². The van der Waals surface area contributed by atoms with Crippen LogP contribution in [-0.4, -0.2) is 22.2 Å². The Bertz CT molecular complexity index is 920. The van der Waals surface area contributed by atoms with E-state index in [1.54, 1.807) is 0 Å². The molecule has 0 bridgehead atoms. The first-order chi connectivity index (χ1) is 13.3. The highest BCUT2D eigenvalue weighted by Gasteiger charge is 2.32. The van der Waals surface area contributed by atoms with Crippen LogP contribution in [0.1, 0.15) is 42.9 Å². The van der Waals surface area contributed by atoms with E-state index in [1.807, 2.05) is 56.3 Å². The molecular formula is C22H25N3O2S. The molecule has 1 aliphatic heterocycles. The third kappa shape index (κ3) is 5.01. The van der Waals surface area contributed by atoms with Gasteiger partial charge in [0.25, 0.3) is 0 Å². The van der Waals surface area contributed by atoms with E-state index in [4.69, 9.17) is 0 Å². The van der Waals surface area contributed by atoms with Crippen molar-refractivity contribution < 1.29 is 9.59 Å². The van der Waals surface area contributed by atoms with E-state index in [1.165, 1.54) is 22.9 Å². The van der Waals surface area contributed by atoms with Crippen LogP contribution in [0.4, 0.5) is 11.4 Å². The highest BCUT2D eigenvalue weighted by atomic mass is 32.2. The molecule has 0 saturated carbocycles. The van der Waals surface area contributed by atoms with Gasteiger partial charge in [0.1, 0.15) is 5.25 Å². The molecule has 0 spiro atoms. The molecule has 28 heavy (non-hydrogen) atoms. The van der Waals surface area contributed by atoms with Gasteiger partial charge in [0, 0.05) is 12.1 Å². The zero-order valence-electron chi connectivity index (χ0n) is 16.6. The molecule has 6 heteroatoms. The van der Waals surface area contributed by atoms with E-state index in [0.29, 0.717) is 11.1 Å². The van der Waals surface area contributed by atoms with E-state index in [-0.39, 0.29) is 18.2 Å². The lowest BCUT2D eigenvalue weighted by molar-refractivity contribution is -0.122. The Balaban J connectivity index is 1.60. The standard InChI is InChI=1S/C22H25N3O2S/c1-13(2)16-6-9-17(10-7-16)23-20(26)12-19-21(27)25-22(28-19)24-18-8-5-14(3)15(4)11-18/h5-11,13,19H,12H2,1-4H3,(H,23,26)(H,24,25,27). The van der Waals surface area contributed by atoms with E-state index >= 15 is 0 Å². The summed E-state index contributed by atoms with van der Waals surface area (Å²) in [6.45, 7) is 8.32. The molecular weight excluding hydrogens is 370 g/mol. The number of aryl methyl sites for hydroxylation is 2. The van der Waals surface area contributed by atoms with E-state index in [2.05, 4.69) is 29.5 Å². The van der Waals surface area contributed by atoms with Crippen LogP contribution in [0.5, 0.6) is 0 Å². The molecule has 0 aliphatic carbocycles. The summed E-state index contributed by atoms with van der Waals surface area (Å²) in [4.78, 5) is 29.0. The first-order valence-corrected chi connectivity index (χ1v) is 10.2.